The van der Waals surface area contributed by atoms with E-state index in [1.807, 2.05) is 43.3 Å². The smallest absolute Gasteiger partial charge is 0.254 e. The fourth-order valence-corrected chi connectivity index (χ4v) is 2.95. The number of nitrogens with zero attached hydrogens (tertiary/aromatic N) is 2. The maximum atomic E-state index is 12.0. The normalized spacial score (nSPS) is 12.6. The maximum Gasteiger partial charge on any atom is 0.254 e. The summed E-state index contributed by atoms with van der Waals surface area (Å²) in [6.07, 6.45) is 1.70. The fourth-order valence-electron chi connectivity index (χ4n) is 2.95. The van der Waals surface area contributed by atoms with Crippen molar-refractivity contribution in [2.24, 2.45) is 0 Å². The zero-order valence-corrected chi connectivity index (χ0v) is 13.7. The van der Waals surface area contributed by atoms with Gasteiger partial charge in [-0.1, -0.05) is 23.8 Å². The first kappa shape index (κ1) is 15.1. The minimum Gasteiger partial charge on any atom is -0.398 e. The van der Waals surface area contributed by atoms with Gasteiger partial charge in [0.25, 0.3) is 5.91 Å². The predicted molar refractivity (Wildman–Crippen MR) is 97.5 cm³/mol. The van der Waals surface area contributed by atoms with Crippen molar-refractivity contribution in [3.8, 4) is 11.3 Å². The Kier molecular flexibility index (Phi) is 3.57. The predicted octanol–water partition coefficient (Wildman–Crippen LogP) is 3.02. The molecule has 2 heterocycles. The average Bonchev–Trinajstić information content (AvgIpc) is 3.00. The lowest BCUT2D eigenvalue weighted by molar-refractivity contribution is 0.0966. The lowest BCUT2D eigenvalue weighted by Crippen LogP contribution is -2.13. The molecule has 3 aromatic rings. The highest BCUT2D eigenvalue weighted by Crippen LogP contribution is 2.32. The van der Waals surface area contributed by atoms with Gasteiger partial charge in [0.15, 0.2) is 0 Å². The Bertz CT molecular complexity index is 966. The zero-order chi connectivity index (χ0) is 17.4. The lowest BCUT2D eigenvalue weighted by atomic mass is 9.99. The van der Waals surface area contributed by atoms with Crippen molar-refractivity contribution < 1.29 is 4.79 Å². The van der Waals surface area contributed by atoms with Gasteiger partial charge in [0, 0.05) is 29.7 Å². The van der Waals surface area contributed by atoms with Crippen LogP contribution in [0.3, 0.4) is 0 Å². The summed E-state index contributed by atoms with van der Waals surface area (Å²) < 4.78 is 0. The number of hydrogen-bond donors (Lipinski definition) is 3. The summed E-state index contributed by atoms with van der Waals surface area (Å²) in [7, 11) is 0. The Morgan fingerprint density at radius 1 is 1.12 bits per heavy atom. The number of aromatic nitrogens is 2. The van der Waals surface area contributed by atoms with Gasteiger partial charge in [0.05, 0.1) is 11.3 Å². The molecule has 4 N–H and O–H groups in total. The highest BCUT2D eigenvalue weighted by atomic mass is 16.1. The van der Waals surface area contributed by atoms with Crippen LogP contribution in [-0.4, -0.2) is 15.9 Å². The number of rotatable bonds is 3. The van der Waals surface area contributed by atoms with Crippen LogP contribution in [0.1, 0.15) is 21.5 Å². The molecule has 6 nitrogen and oxygen atoms in total. The Hall–Kier alpha value is -3.41. The third kappa shape index (κ3) is 2.78. The molecule has 0 bridgehead atoms. The molecule has 1 aliphatic rings. The summed E-state index contributed by atoms with van der Waals surface area (Å²) in [4.78, 5) is 20.8. The molecule has 0 saturated heterocycles. The first-order valence-corrected chi connectivity index (χ1v) is 7.98. The van der Waals surface area contributed by atoms with E-state index in [0.29, 0.717) is 23.7 Å². The van der Waals surface area contributed by atoms with Crippen LogP contribution >= 0.6 is 0 Å². The number of anilines is 3. The molecule has 1 amide bonds. The summed E-state index contributed by atoms with van der Waals surface area (Å²) in [5, 5.41) is 6.02. The summed E-state index contributed by atoms with van der Waals surface area (Å²) in [5.41, 5.74) is 11.6. The van der Waals surface area contributed by atoms with Crippen LogP contribution in [0.25, 0.3) is 11.3 Å². The highest BCUT2D eigenvalue weighted by molar-refractivity contribution is 6.05. The van der Waals surface area contributed by atoms with E-state index in [2.05, 4.69) is 20.6 Å². The van der Waals surface area contributed by atoms with Crippen molar-refractivity contribution in [2.75, 3.05) is 11.1 Å². The second-order valence-electron chi connectivity index (χ2n) is 6.00. The molecule has 25 heavy (non-hydrogen) atoms. The molecule has 0 aliphatic carbocycles. The maximum absolute atomic E-state index is 12.0. The number of benzene rings is 2. The van der Waals surface area contributed by atoms with Crippen molar-refractivity contribution in [3.63, 3.8) is 0 Å². The number of carbonyl (C=O) groups is 1. The average molecular weight is 331 g/mol. The topological polar surface area (TPSA) is 92.9 Å². The number of nitrogen functional groups attached to an aromatic ring is 1. The minimum atomic E-state index is -0.138. The van der Waals surface area contributed by atoms with Crippen LogP contribution in [0, 0.1) is 6.92 Å². The van der Waals surface area contributed by atoms with Gasteiger partial charge in [-0.05, 0) is 36.8 Å². The molecular formula is C19H17N5O. The molecule has 0 saturated carbocycles. The van der Waals surface area contributed by atoms with Crippen LogP contribution in [-0.2, 0) is 6.54 Å². The number of hydrogen-bond acceptors (Lipinski definition) is 5. The molecule has 1 aliphatic heterocycles. The summed E-state index contributed by atoms with van der Waals surface area (Å²) in [6.45, 7) is 2.50. The molecule has 1 aromatic heterocycles. The van der Waals surface area contributed by atoms with Crippen LogP contribution in [0.4, 0.5) is 17.3 Å². The van der Waals surface area contributed by atoms with Gasteiger partial charge in [0.1, 0.15) is 0 Å². The molecule has 0 radical (unpaired) electrons. The monoisotopic (exact) mass is 331 g/mol. The first-order chi connectivity index (χ1) is 12.1. The number of amides is 1. The second kappa shape index (κ2) is 5.90. The fraction of sp³-hybridized carbons (Fsp3) is 0.105. The summed E-state index contributed by atoms with van der Waals surface area (Å²) >= 11 is 0. The van der Waals surface area contributed by atoms with E-state index in [-0.39, 0.29) is 5.91 Å². The van der Waals surface area contributed by atoms with Crippen LogP contribution < -0.4 is 16.4 Å². The quantitative estimate of drug-likeness (QED) is 0.642. The van der Waals surface area contributed by atoms with Crippen molar-refractivity contribution in [2.45, 2.75) is 13.5 Å². The molecule has 2 aromatic carbocycles. The van der Waals surface area contributed by atoms with Crippen LogP contribution in [0.5, 0.6) is 0 Å². The van der Waals surface area contributed by atoms with Crippen molar-refractivity contribution in [1.29, 1.82) is 0 Å². The Labute approximate surface area is 145 Å². The van der Waals surface area contributed by atoms with Gasteiger partial charge in [-0.2, -0.15) is 0 Å². The van der Waals surface area contributed by atoms with E-state index in [0.717, 1.165) is 22.5 Å². The van der Waals surface area contributed by atoms with Crippen molar-refractivity contribution in [3.05, 3.63) is 65.4 Å². The second-order valence-corrected chi connectivity index (χ2v) is 6.00. The number of carbonyl (C=O) groups excluding carboxylic acids is 1. The molecule has 0 unspecified atom stereocenters. The SMILES string of the molecule is Cc1ccc(Nc2nccc(-c3ccc(N)c4c3CNC4=O)n2)cc1. The van der Waals surface area contributed by atoms with Crippen molar-refractivity contribution in [1.82, 2.24) is 15.3 Å². The summed E-state index contributed by atoms with van der Waals surface area (Å²) in [5.74, 6) is 0.366. The molecule has 4 rings (SSSR count). The number of aryl methyl sites for hydroxylation is 1. The third-order valence-corrected chi connectivity index (χ3v) is 4.24. The molecule has 0 fully saturated rings. The van der Waals surface area contributed by atoms with Crippen molar-refractivity contribution >= 4 is 23.2 Å². The third-order valence-electron chi connectivity index (χ3n) is 4.24. The van der Waals surface area contributed by atoms with E-state index < -0.39 is 0 Å². The van der Waals surface area contributed by atoms with Crippen LogP contribution in [0.15, 0.2) is 48.7 Å². The number of nitrogens with two attached hydrogens (primary N) is 1. The summed E-state index contributed by atoms with van der Waals surface area (Å²) in [6, 6.07) is 13.5. The Balaban J connectivity index is 1.71. The minimum absolute atomic E-state index is 0.138. The van der Waals surface area contributed by atoms with E-state index >= 15 is 0 Å². The molecule has 0 spiro atoms. The van der Waals surface area contributed by atoms with E-state index in [1.54, 1.807) is 12.3 Å². The molecular weight excluding hydrogens is 314 g/mol. The van der Waals surface area contributed by atoms with Gasteiger partial charge in [-0.25, -0.2) is 9.97 Å². The van der Waals surface area contributed by atoms with Gasteiger partial charge < -0.3 is 16.4 Å². The van der Waals surface area contributed by atoms with E-state index in [1.165, 1.54) is 5.56 Å². The Morgan fingerprint density at radius 2 is 1.92 bits per heavy atom. The largest absolute Gasteiger partial charge is 0.398 e. The number of nitrogens with one attached hydrogen (secondary N) is 2. The highest BCUT2D eigenvalue weighted by Gasteiger charge is 2.25. The van der Waals surface area contributed by atoms with E-state index in [4.69, 9.17) is 5.73 Å². The van der Waals surface area contributed by atoms with Gasteiger partial charge in [-0.15, -0.1) is 0 Å². The first-order valence-electron chi connectivity index (χ1n) is 7.98. The lowest BCUT2D eigenvalue weighted by Gasteiger charge is -2.10. The molecule has 124 valence electrons. The zero-order valence-electron chi connectivity index (χ0n) is 13.7. The standard InChI is InChI=1S/C19H17N5O/c1-11-2-4-12(5-3-11)23-19-21-9-8-16(24-19)13-6-7-15(20)17-14(13)10-22-18(17)25/h2-9H,10,20H2,1H3,(H,22,25)(H,21,23,24). The number of fused-ring (bicyclic) bond motifs is 1. The van der Waals surface area contributed by atoms with Gasteiger partial charge in [-0.3, -0.25) is 4.79 Å². The van der Waals surface area contributed by atoms with Crippen LogP contribution in [0.2, 0.25) is 0 Å². The molecule has 0 atom stereocenters. The van der Waals surface area contributed by atoms with Gasteiger partial charge in [0.2, 0.25) is 5.95 Å². The van der Waals surface area contributed by atoms with Gasteiger partial charge >= 0.3 is 0 Å². The van der Waals surface area contributed by atoms with E-state index in [9.17, 15) is 4.79 Å². The molecule has 6 heteroatoms. The Morgan fingerprint density at radius 3 is 2.72 bits per heavy atom.